The first-order chi connectivity index (χ1) is 8.72. The third kappa shape index (κ3) is 3.48. The fraction of sp³-hybridized carbons (Fsp3) is 1.00. The summed E-state index contributed by atoms with van der Waals surface area (Å²) in [5, 5.41) is 3.66. The van der Waals surface area contributed by atoms with Crippen LogP contribution in [0.2, 0.25) is 0 Å². The molecule has 1 heterocycles. The van der Waals surface area contributed by atoms with Crippen molar-refractivity contribution < 1.29 is 0 Å². The number of hydrogen-bond acceptors (Lipinski definition) is 2. The fourth-order valence-corrected chi connectivity index (χ4v) is 3.95. The van der Waals surface area contributed by atoms with E-state index in [1.807, 2.05) is 0 Å². The minimum absolute atomic E-state index is 0.743. The molecule has 0 radical (unpaired) electrons. The quantitative estimate of drug-likeness (QED) is 0.808. The van der Waals surface area contributed by atoms with E-state index in [0.29, 0.717) is 0 Å². The minimum atomic E-state index is 0.743. The third-order valence-electron chi connectivity index (χ3n) is 5.46. The van der Waals surface area contributed by atoms with Crippen LogP contribution in [-0.4, -0.2) is 36.6 Å². The summed E-state index contributed by atoms with van der Waals surface area (Å²) in [6.07, 6.45) is 8.75. The van der Waals surface area contributed by atoms with E-state index in [1.54, 1.807) is 0 Å². The SMILES string of the molecule is CCNC1CCN(CCC2CCCC2)C(C)C1C. The highest BCUT2D eigenvalue weighted by Gasteiger charge is 2.31. The number of hydrogen-bond donors (Lipinski definition) is 1. The topological polar surface area (TPSA) is 15.3 Å². The highest BCUT2D eigenvalue weighted by Crippen LogP contribution is 2.29. The summed E-state index contributed by atoms with van der Waals surface area (Å²) in [6, 6.07) is 1.50. The van der Waals surface area contributed by atoms with Gasteiger partial charge in [-0.25, -0.2) is 0 Å². The lowest BCUT2D eigenvalue weighted by Crippen LogP contribution is -2.53. The van der Waals surface area contributed by atoms with E-state index < -0.39 is 0 Å². The largest absolute Gasteiger partial charge is 0.314 e. The molecular weight excluding hydrogens is 220 g/mol. The molecule has 1 saturated carbocycles. The Labute approximate surface area is 114 Å². The Bertz CT molecular complexity index is 235. The summed E-state index contributed by atoms with van der Waals surface area (Å²) in [5.74, 6) is 1.83. The van der Waals surface area contributed by atoms with Crippen molar-refractivity contribution in [2.75, 3.05) is 19.6 Å². The molecule has 2 heteroatoms. The maximum atomic E-state index is 3.66. The van der Waals surface area contributed by atoms with Gasteiger partial charge in [0, 0.05) is 12.1 Å². The van der Waals surface area contributed by atoms with E-state index in [9.17, 15) is 0 Å². The van der Waals surface area contributed by atoms with Crippen LogP contribution in [0.1, 0.15) is 59.3 Å². The second-order valence-electron chi connectivity index (χ2n) is 6.53. The lowest BCUT2D eigenvalue weighted by atomic mass is 9.86. The second kappa shape index (κ2) is 6.91. The highest BCUT2D eigenvalue weighted by molar-refractivity contribution is 4.88. The average molecular weight is 252 g/mol. The van der Waals surface area contributed by atoms with Crippen LogP contribution in [0, 0.1) is 11.8 Å². The van der Waals surface area contributed by atoms with Gasteiger partial charge in [0.1, 0.15) is 0 Å². The maximum Gasteiger partial charge on any atom is 0.0120 e. The standard InChI is InChI=1S/C16H32N2/c1-4-17-16-10-12-18(14(3)13(16)2)11-9-15-7-5-6-8-15/h13-17H,4-12H2,1-3H3. The number of nitrogens with zero attached hydrogens (tertiary/aromatic N) is 1. The molecular formula is C16H32N2. The number of likely N-dealkylation sites (tertiary alicyclic amines) is 1. The van der Waals surface area contributed by atoms with Gasteiger partial charge in [-0.1, -0.05) is 39.5 Å². The Kier molecular flexibility index (Phi) is 5.50. The van der Waals surface area contributed by atoms with E-state index in [4.69, 9.17) is 0 Å². The molecule has 3 atom stereocenters. The summed E-state index contributed by atoms with van der Waals surface area (Å²) >= 11 is 0. The molecule has 2 aliphatic rings. The molecule has 1 aliphatic carbocycles. The van der Waals surface area contributed by atoms with Crippen molar-refractivity contribution >= 4 is 0 Å². The van der Waals surface area contributed by atoms with Crippen molar-refractivity contribution in [1.82, 2.24) is 10.2 Å². The van der Waals surface area contributed by atoms with Gasteiger partial charge in [-0.2, -0.15) is 0 Å². The number of nitrogens with one attached hydrogen (secondary N) is 1. The monoisotopic (exact) mass is 252 g/mol. The van der Waals surface area contributed by atoms with Crippen molar-refractivity contribution in [3.8, 4) is 0 Å². The Balaban J connectivity index is 1.76. The zero-order valence-electron chi connectivity index (χ0n) is 12.6. The van der Waals surface area contributed by atoms with Crippen LogP contribution in [0.25, 0.3) is 0 Å². The van der Waals surface area contributed by atoms with Crippen molar-refractivity contribution in [3.05, 3.63) is 0 Å². The predicted molar refractivity (Wildman–Crippen MR) is 78.9 cm³/mol. The molecule has 1 N–H and O–H groups in total. The molecule has 3 unspecified atom stereocenters. The minimum Gasteiger partial charge on any atom is -0.314 e. The van der Waals surface area contributed by atoms with Gasteiger partial charge < -0.3 is 10.2 Å². The van der Waals surface area contributed by atoms with Crippen LogP contribution in [0.5, 0.6) is 0 Å². The molecule has 0 bridgehead atoms. The lowest BCUT2D eigenvalue weighted by Gasteiger charge is -2.43. The van der Waals surface area contributed by atoms with Gasteiger partial charge in [0.2, 0.25) is 0 Å². The van der Waals surface area contributed by atoms with Gasteiger partial charge in [0.15, 0.2) is 0 Å². The zero-order valence-corrected chi connectivity index (χ0v) is 12.6. The van der Waals surface area contributed by atoms with Crippen LogP contribution in [0.15, 0.2) is 0 Å². The number of piperidine rings is 1. The molecule has 2 rings (SSSR count). The van der Waals surface area contributed by atoms with Gasteiger partial charge in [0.05, 0.1) is 0 Å². The van der Waals surface area contributed by atoms with E-state index in [1.165, 1.54) is 51.6 Å². The van der Waals surface area contributed by atoms with Gasteiger partial charge >= 0.3 is 0 Å². The fourth-order valence-electron chi connectivity index (χ4n) is 3.95. The van der Waals surface area contributed by atoms with Gasteiger partial charge in [0.25, 0.3) is 0 Å². The average Bonchev–Trinajstić information content (AvgIpc) is 2.87. The van der Waals surface area contributed by atoms with Crippen molar-refractivity contribution in [2.45, 2.75) is 71.4 Å². The zero-order chi connectivity index (χ0) is 13.0. The first-order valence-corrected chi connectivity index (χ1v) is 8.19. The third-order valence-corrected chi connectivity index (χ3v) is 5.46. The van der Waals surface area contributed by atoms with Crippen molar-refractivity contribution in [3.63, 3.8) is 0 Å². The first-order valence-electron chi connectivity index (χ1n) is 8.19. The molecule has 106 valence electrons. The number of rotatable bonds is 5. The summed E-state index contributed by atoms with van der Waals surface area (Å²) in [7, 11) is 0. The molecule has 0 aromatic rings. The van der Waals surface area contributed by atoms with Crippen molar-refractivity contribution in [1.29, 1.82) is 0 Å². The van der Waals surface area contributed by atoms with E-state index >= 15 is 0 Å². The first kappa shape index (κ1) is 14.3. The van der Waals surface area contributed by atoms with Gasteiger partial charge in [-0.05, 0) is 51.2 Å². The normalized spacial score (nSPS) is 35.2. The molecule has 0 aromatic heterocycles. The molecule has 0 aromatic carbocycles. The molecule has 18 heavy (non-hydrogen) atoms. The van der Waals surface area contributed by atoms with Crippen LogP contribution in [0.3, 0.4) is 0 Å². The molecule has 2 nitrogen and oxygen atoms in total. The van der Waals surface area contributed by atoms with Gasteiger partial charge in [-0.15, -0.1) is 0 Å². The molecule has 1 aliphatic heterocycles. The van der Waals surface area contributed by atoms with Gasteiger partial charge in [-0.3, -0.25) is 0 Å². The predicted octanol–water partition coefficient (Wildman–Crippen LogP) is 3.28. The Morgan fingerprint density at radius 1 is 1.11 bits per heavy atom. The molecule has 0 amide bonds. The van der Waals surface area contributed by atoms with E-state index in [0.717, 1.165) is 30.5 Å². The van der Waals surface area contributed by atoms with Crippen LogP contribution >= 0.6 is 0 Å². The second-order valence-corrected chi connectivity index (χ2v) is 6.53. The molecule has 1 saturated heterocycles. The summed E-state index contributed by atoms with van der Waals surface area (Å²) < 4.78 is 0. The molecule has 0 spiro atoms. The molecule has 2 fully saturated rings. The highest BCUT2D eigenvalue weighted by atomic mass is 15.2. The van der Waals surface area contributed by atoms with Crippen LogP contribution < -0.4 is 5.32 Å². The maximum absolute atomic E-state index is 3.66. The van der Waals surface area contributed by atoms with Crippen LogP contribution in [-0.2, 0) is 0 Å². The van der Waals surface area contributed by atoms with Crippen LogP contribution in [0.4, 0.5) is 0 Å². The Hall–Kier alpha value is -0.0800. The smallest absolute Gasteiger partial charge is 0.0120 e. The van der Waals surface area contributed by atoms with Crippen molar-refractivity contribution in [2.24, 2.45) is 11.8 Å². The van der Waals surface area contributed by atoms with E-state index in [-0.39, 0.29) is 0 Å². The Morgan fingerprint density at radius 2 is 1.83 bits per heavy atom. The Morgan fingerprint density at radius 3 is 2.50 bits per heavy atom. The lowest BCUT2D eigenvalue weighted by molar-refractivity contribution is 0.0802. The summed E-state index contributed by atoms with van der Waals surface area (Å²) in [5.41, 5.74) is 0. The summed E-state index contributed by atoms with van der Waals surface area (Å²) in [6.45, 7) is 10.8. The summed E-state index contributed by atoms with van der Waals surface area (Å²) in [4.78, 5) is 2.75. The van der Waals surface area contributed by atoms with E-state index in [2.05, 4.69) is 31.0 Å².